The second-order valence-electron chi connectivity index (χ2n) is 6.48. The molecule has 3 aliphatic heterocycles. The average molecular weight is 314 g/mol. The van der Waals surface area contributed by atoms with Crippen molar-refractivity contribution in [2.45, 2.75) is 44.7 Å². The van der Waals surface area contributed by atoms with E-state index in [1.165, 1.54) is 0 Å². The van der Waals surface area contributed by atoms with E-state index in [1.54, 1.807) is 16.7 Å². The van der Waals surface area contributed by atoms with E-state index < -0.39 is 15.9 Å². The van der Waals surface area contributed by atoms with Crippen LogP contribution in [0.15, 0.2) is 0 Å². The molecule has 3 rings (SSSR count). The summed E-state index contributed by atoms with van der Waals surface area (Å²) in [4.78, 5) is 28.4. The molecule has 6 nitrogen and oxygen atoms in total. The van der Waals surface area contributed by atoms with Crippen LogP contribution in [0, 0.1) is 5.92 Å². The molecule has 0 N–H and O–H groups in total. The minimum absolute atomic E-state index is 0.00565. The lowest BCUT2D eigenvalue weighted by Gasteiger charge is -2.46. The zero-order valence-electron chi connectivity index (χ0n) is 12.3. The minimum atomic E-state index is -2.95. The van der Waals surface area contributed by atoms with Gasteiger partial charge in [-0.05, 0) is 38.5 Å². The van der Waals surface area contributed by atoms with Gasteiger partial charge in [-0.15, -0.1) is 0 Å². The largest absolute Gasteiger partial charge is 0.329 e. The van der Waals surface area contributed by atoms with Crippen LogP contribution in [0.1, 0.15) is 32.6 Å². The summed E-state index contributed by atoms with van der Waals surface area (Å²) in [5.41, 5.74) is 0. The maximum absolute atomic E-state index is 12.6. The average Bonchev–Trinajstić information content (AvgIpc) is 2.80. The highest BCUT2D eigenvalue weighted by molar-refractivity contribution is 7.91. The summed E-state index contributed by atoms with van der Waals surface area (Å²) in [5, 5.41) is 0. The molecule has 3 atom stereocenters. The molecule has 0 spiro atoms. The van der Waals surface area contributed by atoms with Crippen molar-refractivity contribution < 1.29 is 18.0 Å². The Morgan fingerprint density at radius 2 is 1.90 bits per heavy atom. The van der Waals surface area contributed by atoms with E-state index in [2.05, 4.69) is 0 Å². The van der Waals surface area contributed by atoms with Crippen LogP contribution in [0.2, 0.25) is 0 Å². The van der Waals surface area contributed by atoms with Crippen LogP contribution in [0.4, 0.5) is 0 Å². The van der Waals surface area contributed by atoms with Crippen molar-refractivity contribution in [2.75, 3.05) is 24.6 Å². The predicted octanol–water partition coefficient (Wildman–Crippen LogP) is 0.0329. The Morgan fingerprint density at radius 3 is 2.57 bits per heavy atom. The first-order valence-electron chi connectivity index (χ1n) is 7.70. The summed E-state index contributed by atoms with van der Waals surface area (Å²) in [6.07, 6.45) is 3.27. The molecule has 21 heavy (non-hydrogen) atoms. The number of carbonyl (C=O) groups excluding carboxylic acids is 2. The quantitative estimate of drug-likeness (QED) is 0.721. The van der Waals surface area contributed by atoms with Gasteiger partial charge in [0.15, 0.2) is 9.84 Å². The van der Waals surface area contributed by atoms with Crippen molar-refractivity contribution >= 4 is 21.7 Å². The summed E-state index contributed by atoms with van der Waals surface area (Å²) in [5.74, 6) is 0.347. The lowest BCUT2D eigenvalue weighted by Crippen LogP contribution is -2.65. The predicted molar refractivity (Wildman–Crippen MR) is 77.3 cm³/mol. The lowest BCUT2D eigenvalue weighted by molar-refractivity contribution is -0.163. The van der Waals surface area contributed by atoms with E-state index in [0.717, 1.165) is 19.3 Å². The molecular weight excluding hydrogens is 292 g/mol. The lowest BCUT2D eigenvalue weighted by atomic mass is 9.94. The number of carbonyl (C=O) groups is 2. The smallest absolute Gasteiger partial charge is 0.246 e. The van der Waals surface area contributed by atoms with Gasteiger partial charge in [-0.3, -0.25) is 9.59 Å². The highest BCUT2D eigenvalue weighted by Gasteiger charge is 2.45. The molecule has 0 radical (unpaired) electrons. The molecule has 3 saturated heterocycles. The normalized spacial score (nSPS) is 36.0. The number of hydrogen-bond donors (Lipinski definition) is 0. The van der Waals surface area contributed by atoms with E-state index in [0.29, 0.717) is 19.5 Å². The Balaban J connectivity index is 1.75. The molecular formula is C14H22N2O4S. The molecule has 3 aliphatic rings. The van der Waals surface area contributed by atoms with Gasteiger partial charge in [-0.1, -0.05) is 0 Å². The van der Waals surface area contributed by atoms with Crippen LogP contribution in [0.25, 0.3) is 0 Å². The van der Waals surface area contributed by atoms with Crippen LogP contribution in [-0.2, 0) is 19.4 Å². The molecule has 3 heterocycles. The van der Waals surface area contributed by atoms with Gasteiger partial charge >= 0.3 is 0 Å². The zero-order valence-corrected chi connectivity index (χ0v) is 13.1. The van der Waals surface area contributed by atoms with Gasteiger partial charge in [0.05, 0.1) is 11.5 Å². The van der Waals surface area contributed by atoms with Gasteiger partial charge in [-0.2, -0.15) is 0 Å². The third kappa shape index (κ3) is 2.67. The van der Waals surface area contributed by atoms with Gasteiger partial charge in [0, 0.05) is 13.1 Å². The summed E-state index contributed by atoms with van der Waals surface area (Å²) in [6, 6.07) is -0.782. The Labute approximate surface area is 125 Å². The van der Waals surface area contributed by atoms with E-state index in [4.69, 9.17) is 0 Å². The third-order valence-electron chi connectivity index (χ3n) is 4.96. The highest BCUT2D eigenvalue weighted by atomic mass is 32.2. The molecule has 2 amide bonds. The van der Waals surface area contributed by atoms with E-state index in [1.807, 2.05) is 0 Å². The minimum Gasteiger partial charge on any atom is -0.329 e. The Bertz CT molecular complexity index is 559. The van der Waals surface area contributed by atoms with Crippen LogP contribution in [0.5, 0.6) is 0 Å². The molecule has 7 heteroatoms. The van der Waals surface area contributed by atoms with E-state index >= 15 is 0 Å². The maximum atomic E-state index is 12.6. The van der Waals surface area contributed by atoms with Gasteiger partial charge < -0.3 is 9.80 Å². The van der Waals surface area contributed by atoms with Crippen LogP contribution >= 0.6 is 0 Å². The second-order valence-corrected chi connectivity index (χ2v) is 8.71. The van der Waals surface area contributed by atoms with E-state index in [9.17, 15) is 18.0 Å². The van der Waals surface area contributed by atoms with Crippen molar-refractivity contribution in [3.05, 3.63) is 0 Å². The molecule has 3 fully saturated rings. The highest BCUT2D eigenvalue weighted by Crippen LogP contribution is 2.28. The third-order valence-corrected chi connectivity index (χ3v) is 6.80. The van der Waals surface area contributed by atoms with Crippen LogP contribution in [-0.4, -0.2) is 66.7 Å². The Kier molecular flexibility index (Phi) is 3.71. The molecule has 0 aromatic rings. The fourth-order valence-corrected chi connectivity index (χ4v) is 5.60. The van der Waals surface area contributed by atoms with Crippen LogP contribution < -0.4 is 0 Å². The summed E-state index contributed by atoms with van der Waals surface area (Å²) >= 11 is 0. The molecule has 0 aromatic carbocycles. The standard InChI is InChI=1S/C14H22N2O4S/c1-10-13(17)15-6-3-2-4-12(15)14(18)16(10)8-11-5-7-21(19,20)9-11/h10-12H,2-9H2,1H3. The summed E-state index contributed by atoms with van der Waals surface area (Å²) < 4.78 is 23.1. The number of piperazine rings is 1. The Morgan fingerprint density at radius 1 is 1.14 bits per heavy atom. The van der Waals surface area contributed by atoms with Gasteiger partial charge in [0.25, 0.3) is 0 Å². The Hall–Kier alpha value is -1.11. The van der Waals surface area contributed by atoms with Crippen molar-refractivity contribution in [3.8, 4) is 0 Å². The number of nitrogens with zero attached hydrogens (tertiary/aromatic N) is 2. The molecule has 0 aliphatic carbocycles. The van der Waals surface area contributed by atoms with Crippen molar-refractivity contribution in [1.82, 2.24) is 9.80 Å². The number of rotatable bonds is 2. The van der Waals surface area contributed by atoms with Crippen molar-refractivity contribution in [2.24, 2.45) is 5.92 Å². The topological polar surface area (TPSA) is 74.8 Å². The number of sulfone groups is 1. The summed E-state index contributed by atoms with van der Waals surface area (Å²) in [7, 11) is -2.95. The van der Waals surface area contributed by atoms with Gasteiger partial charge in [0.2, 0.25) is 11.8 Å². The molecule has 0 bridgehead atoms. The van der Waals surface area contributed by atoms with Gasteiger partial charge in [-0.25, -0.2) is 8.42 Å². The number of hydrogen-bond acceptors (Lipinski definition) is 4. The van der Waals surface area contributed by atoms with Crippen molar-refractivity contribution in [3.63, 3.8) is 0 Å². The first-order chi connectivity index (χ1) is 9.89. The van der Waals surface area contributed by atoms with Gasteiger partial charge in [0.1, 0.15) is 12.1 Å². The number of piperidine rings is 1. The molecule has 118 valence electrons. The fourth-order valence-electron chi connectivity index (χ4n) is 3.75. The first-order valence-corrected chi connectivity index (χ1v) is 9.52. The fraction of sp³-hybridized carbons (Fsp3) is 0.857. The second kappa shape index (κ2) is 5.26. The summed E-state index contributed by atoms with van der Waals surface area (Å²) in [6.45, 7) is 2.83. The maximum Gasteiger partial charge on any atom is 0.246 e. The number of fused-ring (bicyclic) bond motifs is 1. The monoisotopic (exact) mass is 314 g/mol. The SMILES string of the molecule is CC1C(=O)N2CCCCC2C(=O)N1CC1CCS(=O)(=O)C1. The van der Waals surface area contributed by atoms with E-state index in [-0.39, 0.29) is 35.3 Å². The molecule has 0 saturated carbocycles. The number of amides is 2. The molecule has 3 unspecified atom stereocenters. The zero-order chi connectivity index (χ0) is 15.2. The first kappa shape index (κ1) is 14.8. The van der Waals surface area contributed by atoms with Crippen LogP contribution in [0.3, 0.4) is 0 Å². The van der Waals surface area contributed by atoms with Crippen molar-refractivity contribution in [1.29, 1.82) is 0 Å². The molecule has 0 aromatic heterocycles.